The van der Waals surface area contributed by atoms with Crippen molar-refractivity contribution in [2.45, 2.75) is 79.6 Å². The summed E-state index contributed by atoms with van der Waals surface area (Å²) in [5, 5.41) is 10.4. The molecular formula is C17H36O2Si. The molecule has 0 aliphatic carbocycles. The zero-order valence-corrected chi connectivity index (χ0v) is 15.9. The van der Waals surface area contributed by atoms with Gasteiger partial charge in [0.05, 0.1) is 6.10 Å². The Bertz CT molecular complexity index is 292. The fourth-order valence-electron chi connectivity index (χ4n) is 2.67. The van der Waals surface area contributed by atoms with Gasteiger partial charge < -0.3 is 9.53 Å². The Kier molecular flexibility index (Phi) is 8.30. The standard InChI is InChI=1S/C17H36O2Si/c1-9-20(10-2,11-3)19-13-15(5)16(18)14(4)12-17(6,7)8/h12,15-16,18H,9-11,13H2,1-8H3/b14-12+/t15-,16+/m1/s1. The van der Waals surface area contributed by atoms with Crippen molar-refractivity contribution in [3.8, 4) is 0 Å². The summed E-state index contributed by atoms with van der Waals surface area (Å²) >= 11 is 0. The zero-order valence-electron chi connectivity index (χ0n) is 14.9. The van der Waals surface area contributed by atoms with E-state index < -0.39 is 14.4 Å². The van der Waals surface area contributed by atoms with Crippen LogP contribution in [0.15, 0.2) is 11.6 Å². The molecule has 0 saturated carbocycles. The molecule has 0 aromatic carbocycles. The van der Waals surface area contributed by atoms with E-state index >= 15 is 0 Å². The maximum absolute atomic E-state index is 10.4. The second kappa shape index (κ2) is 8.35. The van der Waals surface area contributed by atoms with E-state index in [1.165, 1.54) is 18.1 Å². The van der Waals surface area contributed by atoms with Crippen LogP contribution in [0, 0.1) is 11.3 Å². The third-order valence-corrected chi connectivity index (χ3v) is 8.90. The molecular weight excluding hydrogens is 264 g/mol. The first-order chi connectivity index (χ1) is 9.10. The summed E-state index contributed by atoms with van der Waals surface area (Å²) in [5.41, 5.74) is 1.17. The van der Waals surface area contributed by atoms with Gasteiger partial charge in [0.2, 0.25) is 0 Å². The summed E-state index contributed by atoms with van der Waals surface area (Å²) in [4.78, 5) is 0. The van der Waals surface area contributed by atoms with Crippen molar-refractivity contribution in [1.82, 2.24) is 0 Å². The highest BCUT2D eigenvalue weighted by atomic mass is 28.4. The third kappa shape index (κ3) is 6.55. The molecule has 0 bridgehead atoms. The molecule has 2 atom stereocenters. The summed E-state index contributed by atoms with van der Waals surface area (Å²) in [7, 11) is -1.54. The van der Waals surface area contributed by atoms with Gasteiger partial charge in [-0.15, -0.1) is 0 Å². The number of allylic oxidation sites excluding steroid dienone is 1. The first-order valence-corrected chi connectivity index (χ1v) is 10.6. The zero-order chi connectivity index (χ0) is 16.0. The summed E-state index contributed by atoms with van der Waals surface area (Å²) < 4.78 is 6.29. The van der Waals surface area contributed by atoms with E-state index in [1.54, 1.807) is 0 Å². The van der Waals surface area contributed by atoms with Crippen LogP contribution >= 0.6 is 0 Å². The Morgan fingerprint density at radius 2 is 1.60 bits per heavy atom. The first-order valence-electron chi connectivity index (χ1n) is 8.12. The van der Waals surface area contributed by atoms with Gasteiger partial charge >= 0.3 is 0 Å². The van der Waals surface area contributed by atoms with Crippen LogP contribution in [0.2, 0.25) is 18.1 Å². The maximum Gasteiger partial charge on any atom is 0.191 e. The smallest absolute Gasteiger partial charge is 0.191 e. The van der Waals surface area contributed by atoms with Crippen LogP contribution in [0.5, 0.6) is 0 Å². The highest BCUT2D eigenvalue weighted by Crippen LogP contribution is 2.25. The molecule has 0 rings (SSSR count). The van der Waals surface area contributed by atoms with Crippen LogP contribution in [0.25, 0.3) is 0 Å². The summed E-state index contributed by atoms with van der Waals surface area (Å²) in [6.07, 6.45) is 1.77. The van der Waals surface area contributed by atoms with Crippen molar-refractivity contribution >= 4 is 8.32 Å². The molecule has 3 heteroatoms. The largest absolute Gasteiger partial charge is 0.416 e. The van der Waals surface area contributed by atoms with E-state index in [9.17, 15) is 5.11 Å². The fraction of sp³-hybridized carbons (Fsp3) is 0.882. The summed E-state index contributed by atoms with van der Waals surface area (Å²) in [6.45, 7) is 18.0. The summed E-state index contributed by atoms with van der Waals surface area (Å²) in [6, 6.07) is 3.50. The van der Waals surface area contributed by atoms with E-state index in [0.29, 0.717) is 6.61 Å². The van der Waals surface area contributed by atoms with Gasteiger partial charge in [-0.25, -0.2) is 0 Å². The van der Waals surface area contributed by atoms with Crippen LogP contribution in [0.1, 0.15) is 55.4 Å². The molecule has 0 aromatic rings. The third-order valence-electron chi connectivity index (χ3n) is 4.25. The minimum atomic E-state index is -1.54. The molecule has 0 aliphatic heterocycles. The van der Waals surface area contributed by atoms with Crippen LogP contribution in [-0.4, -0.2) is 26.1 Å². The van der Waals surface area contributed by atoms with Gasteiger partial charge in [0.1, 0.15) is 0 Å². The average molecular weight is 301 g/mol. The van der Waals surface area contributed by atoms with Crippen molar-refractivity contribution in [3.63, 3.8) is 0 Å². The lowest BCUT2D eigenvalue weighted by Gasteiger charge is -2.31. The molecule has 0 saturated heterocycles. The fourth-order valence-corrected chi connectivity index (χ4v) is 5.40. The lowest BCUT2D eigenvalue weighted by molar-refractivity contribution is 0.107. The van der Waals surface area contributed by atoms with Gasteiger partial charge in [-0.2, -0.15) is 0 Å². The molecule has 120 valence electrons. The SMILES string of the molecule is CC[Si](CC)(CC)OC[C@@H](C)[C@@H](O)/C(C)=C/C(C)(C)C. The van der Waals surface area contributed by atoms with Crippen molar-refractivity contribution in [2.24, 2.45) is 11.3 Å². The van der Waals surface area contributed by atoms with Crippen molar-refractivity contribution in [1.29, 1.82) is 0 Å². The van der Waals surface area contributed by atoms with Gasteiger partial charge in [0, 0.05) is 12.5 Å². The number of aliphatic hydroxyl groups is 1. The highest BCUT2D eigenvalue weighted by Gasteiger charge is 2.30. The minimum absolute atomic E-state index is 0.112. The second-order valence-corrected chi connectivity index (χ2v) is 12.0. The number of aliphatic hydroxyl groups excluding tert-OH is 1. The van der Waals surface area contributed by atoms with Gasteiger partial charge in [0.15, 0.2) is 8.32 Å². The van der Waals surface area contributed by atoms with Crippen LogP contribution in [0.4, 0.5) is 0 Å². The molecule has 0 amide bonds. The van der Waals surface area contributed by atoms with Crippen molar-refractivity contribution < 1.29 is 9.53 Å². The van der Waals surface area contributed by atoms with Gasteiger partial charge in [-0.3, -0.25) is 0 Å². The number of hydrogen-bond acceptors (Lipinski definition) is 2. The molecule has 0 spiro atoms. The topological polar surface area (TPSA) is 29.5 Å². The van der Waals surface area contributed by atoms with E-state index in [1.807, 2.05) is 6.92 Å². The lowest BCUT2D eigenvalue weighted by atomic mass is 9.89. The van der Waals surface area contributed by atoms with E-state index in [0.717, 1.165) is 5.57 Å². The summed E-state index contributed by atoms with van der Waals surface area (Å²) in [5.74, 6) is 0.158. The number of hydrogen-bond donors (Lipinski definition) is 1. The quantitative estimate of drug-likeness (QED) is 0.505. The molecule has 20 heavy (non-hydrogen) atoms. The molecule has 0 aromatic heterocycles. The van der Waals surface area contributed by atoms with Gasteiger partial charge in [-0.1, -0.05) is 54.5 Å². The molecule has 0 heterocycles. The molecule has 0 radical (unpaired) electrons. The van der Waals surface area contributed by atoms with Crippen LogP contribution in [-0.2, 0) is 4.43 Å². The first kappa shape index (κ1) is 19.9. The molecule has 0 fully saturated rings. The highest BCUT2D eigenvalue weighted by molar-refractivity contribution is 6.73. The molecule has 1 N–H and O–H groups in total. The predicted molar refractivity (Wildman–Crippen MR) is 91.5 cm³/mol. The Labute approximate surface area is 127 Å². The Morgan fingerprint density at radius 3 is 1.95 bits per heavy atom. The van der Waals surface area contributed by atoms with Crippen LogP contribution < -0.4 is 0 Å². The predicted octanol–water partition coefficient (Wildman–Crippen LogP) is 5.00. The normalized spacial score (nSPS) is 17.1. The Morgan fingerprint density at radius 1 is 1.15 bits per heavy atom. The van der Waals surface area contributed by atoms with Crippen molar-refractivity contribution in [3.05, 3.63) is 11.6 Å². The monoisotopic (exact) mass is 300 g/mol. The van der Waals surface area contributed by atoms with E-state index in [4.69, 9.17) is 4.43 Å². The van der Waals surface area contributed by atoms with Gasteiger partial charge in [-0.05, 0) is 36.0 Å². The molecule has 2 nitrogen and oxygen atoms in total. The minimum Gasteiger partial charge on any atom is -0.416 e. The molecule has 0 aliphatic rings. The molecule has 0 unspecified atom stereocenters. The second-order valence-electron chi connectivity index (χ2n) is 7.23. The lowest BCUT2D eigenvalue weighted by Crippen LogP contribution is -2.39. The maximum atomic E-state index is 10.4. The van der Waals surface area contributed by atoms with E-state index in [-0.39, 0.29) is 11.3 Å². The number of rotatable bonds is 8. The van der Waals surface area contributed by atoms with E-state index in [2.05, 4.69) is 54.5 Å². The van der Waals surface area contributed by atoms with Crippen molar-refractivity contribution in [2.75, 3.05) is 6.61 Å². The Balaban J connectivity index is 4.62. The Hall–Kier alpha value is -0.123. The van der Waals surface area contributed by atoms with Gasteiger partial charge in [0.25, 0.3) is 0 Å². The average Bonchev–Trinajstić information content (AvgIpc) is 2.37. The van der Waals surface area contributed by atoms with Crippen LogP contribution in [0.3, 0.4) is 0 Å².